The van der Waals surface area contributed by atoms with Crippen molar-refractivity contribution in [1.82, 2.24) is 14.7 Å². The van der Waals surface area contributed by atoms with Gasteiger partial charge in [-0.3, -0.25) is 14.5 Å². The Balaban J connectivity index is 1.27. The Labute approximate surface area is 217 Å². The van der Waals surface area contributed by atoms with Gasteiger partial charge < -0.3 is 14.5 Å². The van der Waals surface area contributed by atoms with Gasteiger partial charge in [-0.25, -0.2) is 0 Å². The number of piperazine rings is 1. The van der Waals surface area contributed by atoms with Crippen molar-refractivity contribution in [3.05, 3.63) is 87.1 Å². The molecule has 1 saturated heterocycles. The summed E-state index contributed by atoms with van der Waals surface area (Å²) in [5, 5.41) is 2.16. The van der Waals surface area contributed by atoms with E-state index in [2.05, 4.69) is 47.5 Å². The van der Waals surface area contributed by atoms with E-state index in [0.29, 0.717) is 37.5 Å². The van der Waals surface area contributed by atoms with Gasteiger partial charge in [-0.05, 0) is 61.0 Å². The zero-order valence-corrected chi connectivity index (χ0v) is 22.0. The summed E-state index contributed by atoms with van der Waals surface area (Å²) in [5.74, 6) is 0.779. The molecule has 2 aliphatic heterocycles. The van der Waals surface area contributed by atoms with Gasteiger partial charge in [0.1, 0.15) is 5.75 Å². The number of ether oxygens (including phenoxy) is 1. The van der Waals surface area contributed by atoms with E-state index in [1.807, 2.05) is 46.3 Å². The standard InChI is InChI=1S/C29H33N3O3S/c1-20-7-9-22(10-8-20)28-25-12-16-36-26(25)11-13-31(28)19-27(33)30-14-15-32(21(2)18-30)29(34)23-5-4-6-24(17-23)35-3/h4-10,12,16-17,21,28H,11,13-15,18-19H2,1-3H3. The van der Waals surface area contributed by atoms with Crippen LogP contribution in [0.25, 0.3) is 0 Å². The molecule has 188 valence electrons. The Morgan fingerprint density at radius 2 is 1.86 bits per heavy atom. The second kappa shape index (κ2) is 10.4. The lowest BCUT2D eigenvalue weighted by Crippen LogP contribution is -2.57. The number of thiophene rings is 1. The second-order valence-electron chi connectivity index (χ2n) is 9.75. The molecule has 2 aromatic carbocycles. The van der Waals surface area contributed by atoms with Crippen molar-refractivity contribution in [2.45, 2.75) is 32.4 Å². The highest BCUT2D eigenvalue weighted by Crippen LogP contribution is 2.37. The molecule has 3 heterocycles. The molecular formula is C29H33N3O3S. The average molecular weight is 504 g/mol. The Kier molecular flexibility index (Phi) is 7.12. The van der Waals surface area contributed by atoms with Crippen LogP contribution in [0.1, 0.15) is 44.9 Å². The van der Waals surface area contributed by atoms with E-state index in [1.165, 1.54) is 21.6 Å². The lowest BCUT2D eigenvalue weighted by molar-refractivity contribution is -0.135. The first-order chi connectivity index (χ1) is 17.4. The number of carbonyl (C=O) groups is 2. The summed E-state index contributed by atoms with van der Waals surface area (Å²) >= 11 is 1.81. The predicted octanol–water partition coefficient (Wildman–Crippen LogP) is 4.39. The summed E-state index contributed by atoms with van der Waals surface area (Å²) in [6.07, 6.45) is 0.974. The van der Waals surface area contributed by atoms with Crippen LogP contribution in [-0.2, 0) is 11.2 Å². The van der Waals surface area contributed by atoms with Gasteiger partial charge >= 0.3 is 0 Å². The van der Waals surface area contributed by atoms with Gasteiger partial charge in [-0.15, -0.1) is 11.3 Å². The predicted molar refractivity (Wildman–Crippen MR) is 143 cm³/mol. The molecule has 0 spiro atoms. The van der Waals surface area contributed by atoms with E-state index >= 15 is 0 Å². The maximum atomic E-state index is 13.5. The molecule has 1 aromatic heterocycles. The number of hydrogen-bond acceptors (Lipinski definition) is 5. The fourth-order valence-corrected chi connectivity index (χ4v) is 6.26. The number of benzene rings is 2. The minimum Gasteiger partial charge on any atom is -0.497 e. The van der Waals surface area contributed by atoms with E-state index in [0.717, 1.165) is 13.0 Å². The van der Waals surface area contributed by atoms with Crippen molar-refractivity contribution in [2.75, 3.05) is 39.8 Å². The highest BCUT2D eigenvalue weighted by molar-refractivity contribution is 7.10. The van der Waals surface area contributed by atoms with Crippen LogP contribution in [0.2, 0.25) is 0 Å². The topological polar surface area (TPSA) is 53.1 Å². The summed E-state index contributed by atoms with van der Waals surface area (Å²) in [6, 6.07) is 18.2. The third-order valence-electron chi connectivity index (χ3n) is 7.35. The van der Waals surface area contributed by atoms with Gasteiger partial charge in [0.25, 0.3) is 5.91 Å². The summed E-state index contributed by atoms with van der Waals surface area (Å²) in [4.78, 5) is 34.2. The van der Waals surface area contributed by atoms with Gasteiger partial charge in [0, 0.05) is 42.7 Å². The maximum Gasteiger partial charge on any atom is 0.254 e. The van der Waals surface area contributed by atoms with Crippen LogP contribution >= 0.6 is 11.3 Å². The highest BCUT2D eigenvalue weighted by atomic mass is 32.1. The zero-order chi connectivity index (χ0) is 25.2. The quantitative estimate of drug-likeness (QED) is 0.518. The molecule has 36 heavy (non-hydrogen) atoms. The van der Waals surface area contributed by atoms with Crippen LogP contribution in [-0.4, -0.2) is 72.4 Å². The van der Waals surface area contributed by atoms with E-state index in [4.69, 9.17) is 4.74 Å². The van der Waals surface area contributed by atoms with Crippen LogP contribution in [0.15, 0.2) is 60.0 Å². The van der Waals surface area contributed by atoms with Crippen molar-refractivity contribution in [1.29, 1.82) is 0 Å². The first kappa shape index (κ1) is 24.5. The molecule has 7 heteroatoms. The largest absolute Gasteiger partial charge is 0.497 e. The Hall–Kier alpha value is -3.16. The number of nitrogens with zero attached hydrogens (tertiary/aromatic N) is 3. The Morgan fingerprint density at radius 1 is 1.06 bits per heavy atom. The highest BCUT2D eigenvalue weighted by Gasteiger charge is 2.34. The minimum atomic E-state index is -0.0564. The molecule has 0 bridgehead atoms. The van der Waals surface area contributed by atoms with Crippen LogP contribution in [0.4, 0.5) is 0 Å². The molecule has 0 radical (unpaired) electrons. The van der Waals surface area contributed by atoms with Crippen LogP contribution in [0, 0.1) is 6.92 Å². The van der Waals surface area contributed by atoms with Crippen molar-refractivity contribution in [2.24, 2.45) is 0 Å². The fraction of sp³-hybridized carbons (Fsp3) is 0.379. The van der Waals surface area contributed by atoms with E-state index in [1.54, 1.807) is 13.2 Å². The number of aryl methyl sites for hydroxylation is 1. The van der Waals surface area contributed by atoms with Gasteiger partial charge in [0.15, 0.2) is 0 Å². The molecule has 2 atom stereocenters. The second-order valence-corrected chi connectivity index (χ2v) is 10.8. The van der Waals surface area contributed by atoms with E-state index in [9.17, 15) is 9.59 Å². The van der Waals surface area contributed by atoms with Crippen molar-refractivity contribution in [3.63, 3.8) is 0 Å². The SMILES string of the molecule is COc1cccc(C(=O)N2CCN(C(=O)CN3CCc4sccc4C3c3ccc(C)cc3)CC2C)c1. The molecule has 2 unspecified atom stereocenters. The fourth-order valence-electron chi connectivity index (χ4n) is 5.36. The summed E-state index contributed by atoms with van der Waals surface area (Å²) in [5.41, 5.74) is 4.40. The van der Waals surface area contributed by atoms with Gasteiger partial charge in [-0.2, -0.15) is 0 Å². The first-order valence-electron chi connectivity index (χ1n) is 12.5. The smallest absolute Gasteiger partial charge is 0.254 e. The molecule has 0 saturated carbocycles. The van der Waals surface area contributed by atoms with Gasteiger partial charge in [-0.1, -0.05) is 35.9 Å². The van der Waals surface area contributed by atoms with Crippen molar-refractivity contribution in [3.8, 4) is 5.75 Å². The van der Waals surface area contributed by atoms with E-state index in [-0.39, 0.29) is 23.9 Å². The van der Waals surface area contributed by atoms with Crippen molar-refractivity contribution < 1.29 is 14.3 Å². The third kappa shape index (κ3) is 4.90. The maximum absolute atomic E-state index is 13.5. The molecule has 1 fully saturated rings. The van der Waals surface area contributed by atoms with Gasteiger partial charge in [0.05, 0.1) is 19.7 Å². The lowest BCUT2D eigenvalue weighted by Gasteiger charge is -2.42. The molecule has 0 N–H and O–H groups in total. The number of carbonyl (C=O) groups excluding carboxylic acids is 2. The monoisotopic (exact) mass is 503 g/mol. The van der Waals surface area contributed by atoms with Crippen LogP contribution < -0.4 is 4.74 Å². The third-order valence-corrected chi connectivity index (χ3v) is 8.35. The molecule has 5 rings (SSSR count). The minimum absolute atomic E-state index is 0.0195. The number of amides is 2. The first-order valence-corrected chi connectivity index (χ1v) is 13.4. The average Bonchev–Trinajstić information content (AvgIpc) is 3.38. The van der Waals surface area contributed by atoms with Crippen LogP contribution in [0.5, 0.6) is 5.75 Å². The molecule has 0 aliphatic carbocycles. The number of rotatable bonds is 5. The summed E-state index contributed by atoms with van der Waals surface area (Å²) in [7, 11) is 1.60. The Bertz CT molecular complexity index is 1240. The summed E-state index contributed by atoms with van der Waals surface area (Å²) < 4.78 is 5.28. The van der Waals surface area contributed by atoms with Gasteiger partial charge in [0.2, 0.25) is 5.91 Å². The number of fused-ring (bicyclic) bond motifs is 1. The van der Waals surface area contributed by atoms with E-state index < -0.39 is 0 Å². The Morgan fingerprint density at radius 3 is 2.61 bits per heavy atom. The number of hydrogen-bond donors (Lipinski definition) is 0. The normalized spacial score (nSPS) is 20.2. The molecule has 6 nitrogen and oxygen atoms in total. The van der Waals surface area contributed by atoms with Crippen LogP contribution in [0.3, 0.4) is 0 Å². The molecule has 2 aliphatic rings. The molecule has 2 amide bonds. The summed E-state index contributed by atoms with van der Waals surface area (Å²) in [6.45, 7) is 6.98. The number of methoxy groups -OCH3 is 1. The zero-order valence-electron chi connectivity index (χ0n) is 21.1. The lowest BCUT2D eigenvalue weighted by atomic mass is 9.92. The molecular weight excluding hydrogens is 470 g/mol. The molecule has 3 aromatic rings. The van der Waals surface area contributed by atoms with Crippen molar-refractivity contribution >= 4 is 23.2 Å².